The van der Waals surface area contributed by atoms with Crippen LogP contribution in [0.5, 0.6) is 0 Å². The van der Waals surface area contributed by atoms with Crippen molar-refractivity contribution < 1.29 is 14.3 Å². The van der Waals surface area contributed by atoms with Crippen molar-refractivity contribution in [2.24, 2.45) is 5.92 Å². The maximum Gasteiger partial charge on any atom is 0.251 e. The largest absolute Gasteiger partial charge is 0.376 e. The van der Waals surface area contributed by atoms with Gasteiger partial charge >= 0.3 is 0 Å². The van der Waals surface area contributed by atoms with Gasteiger partial charge in [-0.2, -0.15) is 0 Å². The Hall–Kier alpha value is -1.88. The summed E-state index contributed by atoms with van der Waals surface area (Å²) >= 11 is 0. The van der Waals surface area contributed by atoms with Crippen molar-refractivity contribution in [1.29, 1.82) is 0 Å². The first-order valence-corrected chi connectivity index (χ1v) is 7.84. The predicted octanol–water partition coefficient (Wildman–Crippen LogP) is 2.58. The summed E-state index contributed by atoms with van der Waals surface area (Å²) in [6.45, 7) is 5.33. The molecule has 120 valence electrons. The Morgan fingerprint density at radius 1 is 1.27 bits per heavy atom. The van der Waals surface area contributed by atoms with Crippen LogP contribution < -0.4 is 10.6 Å². The highest BCUT2D eigenvalue weighted by atomic mass is 16.5. The van der Waals surface area contributed by atoms with E-state index in [0.717, 1.165) is 19.4 Å². The highest BCUT2D eigenvalue weighted by Crippen LogP contribution is 2.13. The van der Waals surface area contributed by atoms with Gasteiger partial charge in [0.15, 0.2) is 0 Å². The molecule has 5 heteroatoms. The summed E-state index contributed by atoms with van der Waals surface area (Å²) in [5, 5.41) is 5.70. The average molecular weight is 304 g/mol. The number of carbonyl (C=O) groups is 2. The molecule has 0 aliphatic carbocycles. The normalized spacial score (nSPS) is 17.5. The summed E-state index contributed by atoms with van der Waals surface area (Å²) in [5.74, 6) is 0.198. The summed E-state index contributed by atoms with van der Waals surface area (Å²) in [4.78, 5) is 23.7. The fraction of sp³-hybridized carbons (Fsp3) is 0.529. The molecule has 0 spiro atoms. The number of rotatable bonds is 6. The Bertz CT molecular complexity index is 505. The van der Waals surface area contributed by atoms with Gasteiger partial charge in [-0.1, -0.05) is 13.8 Å². The molecular weight excluding hydrogens is 280 g/mol. The Kier molecular flexibility index (Phi) is 5.95. The molecule has 1 aliphatic rings. The minimum atomic E-state index is -0.115. The average Bonchev–Trinajstić information content (AvgIpc) is 2.98. The van der Waals surface area contributed by atoms with Gasteiger partial charge in [0.25, 0.3) is 5.91 Å². The van der Waals surface area contributed by atoms with Crippen molar-refractivity contribution in [2.75, 3.05) is 18.5 Å². The third-order valence-corrected chi connectivity index (χ3v) is 3.54. The molecule has 1 aromatic rings. The first-order valence-electron chi connectivity index (χ1n) is 7.84. The lowest BCUT2D eigenvalue weighted by Crippen LogP contribution is -2.31. The Morgan fingerprint density at radius 3 is 2.59 bits per heavy atom. The van der Waals surface area contributed by atoms with Gasteiger partial charge in [0.2, 0.25) is 5.91 Å². The SMILES string of the molecule is CC(C)CC(=O)Nc1ccc(C(=O)NCC2CCCO2)cc1. The van der Waals surface area contributed by atoms with Gasteiger partial charge in [-0.25, -0.2) is 0 Å². The number of benzene rings is 1. The van der Waals surface area contributed by atoms with E-state index >= 15 is 0 Å². The molecule has 2 rings (SSSR count). The van der Waals surface area contributed by atoms with Crippen LogP contribution in [0.2, 0.25) is 0 Å². The van der Waals surface area contributed by atoms with Crippen molar-refractivity contribution in [1.82, 2.24) is 5.32 Å². The van der Waals surface area contributed by atoms with Crippen LogP contribution in [-0.4, -0.2) is 31.1 Å². The number of hydrogen-bond donors (Lipinski definition) is 2. The second-order valence-electron chi connectivity index (χ2n) is 6.07. The van der Waals surface area contributed by atoms with Crippen LogP contribution in [0, 0.1) is 5.92 Å². The molecule has 22 heavy (non-hydrogen) atoms. The Labute approximate surface area is 131 Å². The third-order valence-electron chi connectivity index (χ3n) is 3.54. The molecule has 1 atom stereocenters. The maximum absolute atomic E-state index is 12.0. The first-order chi connectivity index (χ1) is 10.5. The number of ether oxygens (including phenoxy) is 1. The number of anilines is 1. The molecule has 0 saturated carbocycles. The maximum atomic E-state index is 12.0. The van der Waals surface area contributed by atoms with Crippen molar-refractivity contribution >= 4 is 17.5 Å². The fourth-order valence-electron chi connectivity index (χ4n) is 2.40. The molecule has 2 amide bonds. The Morgan fingerprint density at radius 2 is 2.00 bits per heavy atom. The highest BCUT2D eigenvalue weighted by molar-refractivity contribution is 5.95. The number of carbonyl (C=O) groups excluding carboxylic acids is 2. The van der Waals surface area contributed by atoms with Crippen molar-refractivity contribution in [2.45, 2.75) is 39.2 Å². The van der Waals surface area contributed by atoms with Crippen LogP contribution in [-0.2, 0) is 9.53 Å². The molecule has 1 heterocycles. The van der Waals surface area contributed by atoms with Crippen LogP contribution in [0.25, 0.3) is 0 Å². The van der Waals surface area contributed by atoms with Gasteiger partial charge < -0.3 is 15.4 Å². The van der Waals surface area contributed by atoms with Gasteiger partial charge in [0.05, 0.1) is 6.10 Å². The van der Waals surface area contributed by atoms with E-state index in [9.17, 15) is 9.59 Å². The van der Waals surface area contributed by atoms with Gasteiger partial charge in [0, 0.05) is 30.8 Å². The molecular formula is C17H24N2O3. The number of hydrogen-bond acceptors (Lipinski definition) is 3. The van der Waals surface area contributed by atoms with E-state index in [0.29, 0.717) is 30.1 Å². The van der Waals surface area contributed by atoms with E-state index in [1.54, 1.807) is 24.3 Å². The first kappa shape index (κ1) is 16.5. The number of nitrogens with one attached hydrogen (secondary N) is 2. The van der Waals surface area contributed by atoms with Gasteiger partial charge in [-0.3, -0.25) is 9.59 Å². The summed E-state index contributed by atoms with van der Waals surface area (Å²) in [5.41, 5.74) is 1.29. The van der Waals surface area contributed by atoms with Crippen molar-refractivity contribution in [3.63, 3.8) is 0 Å². The third kappa shape index (κ3) is 5.15. The van der Waals surface area contributed by atoms with Gasteiger partial charge in [0.1, 0.15) is 0 Å². The minimum Gasteiger partial charge on any atom is -0.376 e. The van der Waals surface area contributed by atoms with Crippen LogP contribution >= 0.6 is 0 Å². The molecule has 5 nitrogen and oxygen atoms in total. The summed E-state index contributed by atoms with van der Waals surface area (Å²) < 4.78 is 5.47. The minimum absolute atomic E-state index is 0.00872. The van der Waals surface area contributed by atoms with E-state index in [1.165, 1.54) is 0 Å². The highest BCUT2D eigenvalue weighted by Gasteiger charge is 2.16. The number of amides is 2. The molecule has 0 bridgehead atoms. The molecule has 1 aromatic carbocycles. The zero-order valence-corrected chi connectivity index (χ0v) is 13.2. The van der Waals surface area contributed by atoms with Crippen molar-refractivity contribution in [3.8, 4) is 0 Å². The lowest BCUT2D eigenvalue weighted by Gasteiger charge is -2.11. The van der Waals surface area contributed by atoms with Crippen LogP contribution in [0.1, 0.15) is 43.5 Å². The van der Waals surface area contributed by atoms with Crippen LogP contribution in [0.15, 0.2) is 24.3 Å². The smallest absolute Gasteiger partial charge is 0.251 e. The van der Waals surface area contributed by atoms with E-state index in [1.807, 2.05) is 13.8 Å². The molecule has 2 N–H and O–H groups in total. The quantitative estimate of drug-likeness (QED) is 0.849. The monoisotopic (exact) mass is 304 g/mol. The second kappa shape index (κ2) is 7.94. The van der Waals surface area contributed by atoms with E-state index in [2.05, 4.69) is 10.6 Å². The van der Waals surface area contributed by atoms with Gasteiger partial charge in [-0.15, -0.1) is 0 Å². The second-order valence-corrected chi connectivity index (χ2v) is 6.07. The van der Waals surface area contributed by atoms with E-state index < -0.39 is 0 Å². The standard InChI is InChI=1S/C17H24N2O3/c1-12(2)10-16(20)19-14-7-5-13(6-8-14)17(21)18-11-15-4-3-9-22-15/h5-8,12,15H,3-4,9-11H2,1-2H3,(H,18,21)(H,19,20). The van der Waals surface area contributed by atoms with Crippen LogP contribution in [0.4, 0.5) is 5.69 Å². The van der Waals surface area contributed by atoms with Crippen LogP contribution in [0.3, 0.4) is 0 Å². The molecule has 0 aromatic heterocycles. The lowest BCUT2D eigenvalue weighted by atomic mass is 10.1. The summed E-state index contributed by atoms with van der Waals surface area (Å²) in [7, 11) is 0. The van der Waals surface area contributed by atoms with Crippen molar-refractivity contribution in [3.05, 3.63) is 29.8 Å². The zero-order valence-electron chi connectivity index (χ0n) is 13.2. The lowest BCUT2D eigenvalue weighted by molar-refractivity contribution is -0.116. The molecule has 1 aliphatic heterocycles. The molecule has 1 fully saturated rings. The van der Waals surface area contributed by atoms with E-state index in [4.69, 9.17) is 4.74 Å². The summed E-state index contributed by atoms with van der Waals surface area (Å²) in [6, 6.07) is 6.93. The van der Waals surface area contributed by atoms with Gasteiger partial charge in [-0.05, 0) is 43.0 Å². The fourth-order valence-corrected chi connectivity index (χ4v) is 2.40. The summed E-state index contributed by atoms with van der Waals surface area (Å²) in [6.07, 6.45) is 2.69. The predicted molar refractivity (Wildman–Crippen MR) is 85.8 cm³/mol. The van der Waals surface area contributed by atoms with E-state index in [-0.39, 0.29) is 17.9 Å². The topological polar surface area (TPSA) is 67.4 Å². The molecule has 0 radical (unpaired) electrons. The molecule has 1 unspecified atom stereocenters. The Balaban J connectivity index is 1.82. The molecule has 1 saturated heterocycles. The zero-order chi connectivity index (χ0) is 15.9.